The number of nitriles is 1. The van der Waals surface area contributed by atoms with Crippen molar-refractivity contribution in [3.63, 3.8) is 0 Å². The van der Waals surface area contributed by atoms with Crippen LogP contribution in [0.2, 0.25) is 0 Å². The summed E-state index contributed by atoms with van der Waals surface area (Å²) in [6, 6.07) is 5.35. The maximum Gasteiger partial charge on any atom is 0.258 e. The number of nitrogens with zero attached hydrogens (tertiary/aromatic N) is 4. The number of rotatable bonds is 3. The highest BCUT2D eigenvalue weighted by atomic mass is 19.1. The Morgan fingerprint density at radius 3 is 2.75 bits per heavy atom. The fraction of sp³-hybridized carbons (Fsp3) is 0.250. The van der Waals surface area contributed by atoms with Crippen LogP contribution in [0.5, 0.6) is 0 Å². The van der Waals surface area contributed by atoms with E-state index >= 15 is 0 Å². The van der Waals surface area contributed by atoms with E-state index in [0.717, 1.165) is 0 Å². The summed E-state index contributed by atoms with van der Waals surface area (Å²) in [6.07, 6.45) is 3.71. The smallest absolute Gasteiger partial charge is 0.258 e. The van der Waals surface area contributed by atoms with Gasteiger partial charge in [0.05, 0.1) is 17.0 Å². The summed E-state index contributed by atoms with van der Waals surface area (Å²) in [7, 11) is 1.62. The van der Waals surface area contributed by atoms with Crippen molar-refractivity contribution in [2.75, 3.05) is 5.32 Å². The number of hydrogen-bond acceptors (Lipinski definition) is 5. The largest absolute Gasteiger partial charge is 0.311 e. The second-order valence-electron chi connectivity index (χ2n) is 6.87. The van der Waals surface area contributed by atoms with Gasteiger partial charge in [0.2, 0.25) is 5.91 Å². The molecule has 3 heterocycles. The van der Waals surface area contributed by atoms with Crippen LogP contribution in [0.15, 0.2) is 35.5 Å². The first-order valence-corrected chi connectivity index (χ1v) is 8.70. The number of alkyl halides is 1. The standard InChI is InChI=1S/C20H16FN5O2/c1-10-12(6-22)7-23-9-15(10)13-3-11-8-24-18(5-17(11)26(2)20(13)28)25-19(27)14-4-16(14)21/h3,5,7-9,14,16H,4H2,1-2H3,(H,24,25,27). The van der Waals surface area contributed by atoms with Crippen LogP contribution in [-0.4, -0.2) is 26.6 Å². The number of pyridine rings is 3. The third-order valence-corrected chi connectivity index (χ3v) is 5.03. The summed E-state index contributed by atoms with van der Waals surface area (Å²) in [5.41, 5.74) is 2.39. The van der Waals surface area contributed by atoms with Crippen LogP contribution >= 0.6 is 0 Å². The molecule has 3 aromatic heterocycles. The lowest BCUT2D eigenvalue weighted by atomic mass is 10.00. The molecule has 1 fully saturated rings. The third-order valence-electron chi connectivity index (χ3n) is 5.03. The lowest BCUT2D eigenvalue weighted by Crippen LogP contribution is -2.20. The number of anilines is 1. The molecule has 0 radical (unpaired) electrons. The molecular weight excluding hydrogens is 361 g/mol. The van der Waals surface area contributed by atoms with Crippen molar-refractivity contribution in [2.45, 2.75) is 19.5 Å². The van der Waals surface area contributed by atoms with Gasteiger partial charge < -0.3 is 9.88 Å². The first-order valence-electron chi connectivity index (χ1n) is 8.70. The topological polar surface area (TPSA) is 101 Å². The number of aromatic nitrogens is 3. The van der Waals surface area contributed by atoms with Gasteiger partial charge in [-0.25, -0.2) is 9.37 Å². The quantitative estimate of drug-likeness (QED) is 0.756. The van der Waals surface area contributed by atoms with Crippen molar-refractivity contribution >= 4 is 22.6 Å². The summed E-state index contributed by atoms with van der Waals surface area (Å²) in [5, 5.41) is 12.5. The lowest BCUT2D eigenvalue weighted by molar-refractivity contribution is -0.117. The number of nitrogens with one attached hydrogen (secondary N) is 1. The van der Waals surface area contributed by atoms with Crippen LogP contribution in [0.3, 0.4) is 0 Å². The Kier molecular flexibility index (Phi) is 4.15. The van der Waals surface area contributed by atoms with E-state index in [2.05, 4.69) is 21.4 Å². The number of carbonyl (C=O) groups is 1. The Morgan fingerprint density at radius 2 is 2.07 bits per heavy atom. The van der Waals surface area contributed by atoms with Crippen molar-refractivity contribution in [2.24, 2.45) is 13.0 Å². The highest BCUT2D eigenvalue weighted by Crippen LogP contribution is 2.34. The summed E-state index contributed by atoms with van der Waals surface area (Å²) in [5.74, 6) is -0.758. The molecule has 0 spiro atoms. The molecule has 0 saturated heterocycles. The molecule has 1 amide bonds. The average molecular weight is 377 g/mol. The number of amides is 1. The predicted octanol–water partition coefficient (Wildman–Crippen LogP) is 2.47. The van der Waals surface area contributed by atoms with Gasteiger partial charge in [0.1, 0.15) is 18.1 Å². The van der Waals surface area contributed by atoms with Gasteiger partial charge in [0.25, 0.3) is 5.56 Å². The molecule has 3 aromatic rings. The molecule has 2 atom stereocenters. The number of halogens is 1. The average Bonchev–Trinajstić information content (AvgIpc) is 3.42. The zero-order chi connectivity index (χ0) is 20.0. The molecule has 1 N–H and O–H groups in total. The molecule has 28 heavy (non-hydrogen) atoms. The van der Waals surface area contributed by atoms with E-state index in [1.807, 2.05) is 0 Å². The van der Waals surface area contributed by atoms with E-state index in [1.165, 1.54) is 10.8 Å². The third kappa shape index (κ3) is 2.91. The van der Waals surface area contributed by atoms with E-state index in [1.54, 1.807) is 38.5 Å². The molecule has 1 aliphatic carbocycles. The van der Waals surface area contributed by atoms with Gasteiger partial charge in [-0.15, -0.1) is 0 Å². The summed E-state index contributed by atoms with van der Waals surface area (Å²) >= 11 is 0. The van der Waals surface area contributed by atoms with E-state index in [4.69, 9.17) is 0 Å². The van der Waals surface area contributed by atoms with Gasteiger partial charge in [-0.1, -0.05) is 0 Å². The van der Waals surface area contributed by atoms with Crippen LogP contribution in [-0.2, 0) is 11.8 Å². The second-order valence-corrected chi connectivity index (χ2v) is 6.87. The van der Waals surface area contributed by atoms with Gasteiger partial charge >= 0.3 is 0 Å². The van der Waals surface area contributed by atoms with Crippen LogP contribution in [0.4, 0.5) is 10.2 Å². The first-order chi connectivity index (χ1) is 13.4. The first kappa shape index (κ1) is 17.8. The Hall–Kier alpha value is -3.60. The highest BCUT2D eigenvalue weighted by molar-refractivity contribution is 5.95. The van der Waals surface area contributed by atoms with Crippen molar-refractivity contribution in [3.8, 4) is 17.2 Å². The zero-order valence-electron chi connectivity index (χ0n) is 15.2. The Bertz CT molecular complexity index is 1230. The molecule has 1 saturated carbocycles. The van der Waals surface area contributed by atoms with Gasteiger partial charge in [-0.3, -0.25) is 14.6 Å². The minimum atomic E-state index is -1.09. The van der Waals surface area contributed by atoms with Gasteiger partial charge in [-0.2, -0.15) is 5.26 Å². The number of fused-ring (bicyclic) bond motifs is 1. The van der Waals surface area contributed by atoms with Crippen LogP contribution in [0.1, 0.15) is 17.5 Å². The second kappa shape index (κ2) is 6.53. The molecule has 0 bridgehead atoms. The molecule has 0 aliphatic heterocycles. The summed E-state index contributed by atoms with van der Waals surface area (Å²) < 4.78 is 14.5. The number of carbonyl (C=O) groups excluding carboxylic acids is 1. The van der Waals surface area contributed by atoms with Crippen molar-refractivity contribution < 1.29 is 9.18 Å². The zero-order valence-corrected chi connectivity index (χ0v) is 15.2. The van der Waals surface area contributed by atoms with E-state index in [0.29, 0.717) is 33.2 Å². The van der Waals surface area contributed by atoms with Crippen LogP contribution < -0.4 is 10.9 Å². The molecule has 140 valence electrons. The number of hydrogen-bond donors (Lipinski definition) is 1. The minimum absolute atomic E-state index is 0.233. The molecule has 2 unspecified atom stereocenters. The van der Waals surface area contributed by atoms with E-state index < -0.39 is 18.0 Å². The molecule has 8 heteroatoms. The molecule has 7 nitrogen and oxygen atoms in total. The molecular formula is C20H16FN5O2. The van der Waals surface area contributed by atoms with Crippen molar-refractivity contribution in [3.05, 3.63) is 52.2 Å². The lowest BCUT2D eigenvalue weighted by Gasteiger charge is -2.12. The van der Waals surface area contributed by atoms with Gasteiger partial charge in [-0.05, 0) is 25.0 Å². The molecule has 1 aliphatic rings. The Balaban J connectivity index is 1.79. The minimum Gasteiger partial charge on any atom is -0.311 e. The number of aryl methyl sites for hydroxylation is 1. The summed E-state index contributed by atoms with van der Waals surface area (Å²) in [6.45, 7) is 1.77. The highest BCUT2D eigenvalue weighted by Gasteiger charge is 2.43. The van der Waals surface area contributed by atoms with Crippen molar-refractivity contribution in [1.29, 1.82) is 5.26 Å². The van der Waals surface area contributed by atoms with Crippen LogP contribution in [0.25, 0.3) is 22.0 Å². The Morgan fingerprint density at radius 1 is 1.32 bits per heavy atom. The van der Waals surface area contributed by atoms with Gasteiger partial charge in [0, 0.05) is 48.2 Å². The van der Waals surface area contributed by atoms with Crippen LogP contribution in [0, 0.1) is 24.2 Å². The van der Waals surface area contributed by atoms with E-state index in [9.17, 15) is 19.2 Å². The van der Waals surface area contributed by atoms with Gasteiger partial charge in [0.15, 0.2) is 0 Å². The Labute approximate surface area is 159 Å². The fourth-order valence-corrected chi connectivity index (χ4v) is 3.19. The monoisotopic (exact) mass is 377 g/mol. The maximum atomic E-state index is 13.0. The maximum absolute atomic E-state index is 13.0. The SMILES string of the molecule is Cc1c(C#N)cncc1-c1cc2cnc(NC(=O)C3CC3F)cc2n(C)c1=O. The molecule has 4 rings (SSSR count). The molecule has 0 aromatic carbocycles. The fourth-order valence-electron chi connectivity index (χ4n) is 3.19. The van der Waals surface area contributed by atoms with E-state index in [-0.39, 0.29) is 17.8 Å². The normalized spacial score (nSPS) is 17.9. The summed E-state index contributed by atoms with van der Waals surface area (Å²) in [4.78, 5) is 33.1. The predicted molar refractivity (Wildman–Crippen MR) is 101 cm³/mol. The van der Waals surface area contributed by atoms with Crippen molar-refractivity contribution in [1.82, 2.24) is 14.5 Å².